The zero-order valence-corrected chi connectivity index (χ0v) is 16.9. The molecule has 0 aromatic heterocycles. The van der Waals surface area contributed by atoms with E-state index in [-0.39, 0.29) is 24.4 Å². The molecule has 1 aromatic carbocycles. The van der Waals surface area contributed by atoms with Gasteiger partial charge in [0.25, 0.3) is 0 Å². The minimum absolute atomic E-state index is 0. The van der Waals surface area contributed by atoms with E-state index in [9.17, 15) is 4.79 Å². The maximum atomic E-state index is 13.0. The molecule has 2 saturated carbocycles. The van der Waals surface area contributed by atoms with Crippen molar-refractivity contribution >= 4 is 18.3 Å². The van der Waals surface area contributed by atoms with Crippen LogP contribution in [0.2, 0.25) is 0 Å². The molecule has 1 saturated heterocycles. The predicted molar refractivity (Wildman–Crippen MR) is 110 cm³/mol. The van der Waals surface area contributed by atoms with Crippen molar-refractivity contribution in [2.75, 3.05) is 13.1 Å². The number of hydrogen-bond donors (Lipinski definition) is 1. The van der Waals surface area contributed by atoms with E-state index < -0.39 is 0 Å². The second-order valence-electron chi connectivity index (χ2n) is 8.52. The Morgan fingerprint density at radius 1 is 1.04 bits per heavy atom. The lowest BCUT2D eigenvalue weighted by Gasteiger charge is -2.45. The number of nitrogens with zero attached hydrogens (tertiary/aromatic N) is 1. The van der Waals surface area contributed by atoms with Crippen molar-refractivity contribution in [3.05, 3.63) is 35.9 Å². The Bertz CT molecular complexity index is 590. The van der Waals surface area contributed by atoms with E-state index in [0.29, 0.717) is 30.4 Å². The van der Waals surface area contributed by atoms with Crippen LogP contribution in [0.5, 0.6) is 0 Å². The van der Waals surface area contributed by atoms with Crippen LogP contribution >= 0.6 is 12.4 Å². The standard InChI is InChI=1S/C22H32N2O2.ClH/c23-21-17-7-4-8-18(21)14-19(13-17)22(25)24-11-9-20(10-12-24)26-15-16-5-2-1-3-6-16;/h1-3,5-6,17-21H,4,7-15,23H2;1H. The molecule has 2 N–H and O–H groups in total. The van der Waals surface area contributed by atoms with Crippen molar-refractivity contribution in [3.63, 3.8) is 0 Å². The van der Waals surface area contributed by atoms with Gasteiger partial charge in [-0.1, -0.05) is 36.8 Å². The Labute approximate surface area is 169 Å². The van der Waals surface area contributed by atoms with Crippen LogP contribution in [0.1, 0.15) is 50.5 Å². The van der Waals surface area contributed by atoms with Gasteiger partial charge in [0.1, 0.15) is 0 Å². The second-order valence-corrected chi connectivity index (χ2v) is 8.52. The normalized spacial score (nSPS) is 31.2. The van der Waals surface area contributed by atoms with Crippen molar-refractivity contribution < 1.29 is 9.53 Å². The maximum absolute atomic E-state index is 13.0. The van der Waals surface area contributed by atoms with Gasteiger partial charge in [-0.15, -0.1) is 12.4 Å². The summed E-state index contributed by atoms with van der Waals surface area (Å²) < 4.78 is 6.06. The van der Waals surface area contributed by atoms with E-state index in [1.807, 2.05) is 18.2 Å². The third-order valence-corrected chi connectivity index (χ3v) is 6.84. The highest BCUT2D eigenvalue weighted by Crippen LogP contribution is 2.42. The van der Waals surface area contributed by atoms with Crippen LogP contribution in [-0.4, -0.2) is 36.0 Å². The van der Waals surface area contributed by atoms with Crippen molar-refractivity contribution in [3.8, 4) is 0 Å². The molecule has 2 aliphatic carbocycles. The molecule has 3 aliphatic rings. The molecule has 0 spiro atoms. The van der Waals surface area contributed by atoms with Crippen molar-refractivity contribution in [2.45, 2.75) is 63.7 Å². The topological polar surface area (TPSA) is 55.6 Å². The zero-order chi connectivity index (χ0) is 17.9. The van der Waals surface area contributed by atoms with Gasteiger partial charge >= 0.3 is 0 Å². The minimum Gasteiger partial charge on any atom is -0.373 e. The Kier molecular flexibility index (Phi) is 7.18. The SMILES string of the molecule is Cl.NC1C2CCCC1CC(C(=O)N1CCC(OCc3ccccc3)CC1)C2. The number of fused-ring (bicyclic) bond motifs is 2. The summed E-state index contributed by atoms with van der Waals surface area (Å²) in [4.78, 5) is 15.1. The number of likely N-dealkylation sites (tertiary alicyclic amines) is 1. The molecule has 5 heteroatoms. The van der Waals surface area contributed by atoms with Crippen LogP contribution in [0.25, 0.3) is 0 Å². The van der Waals surface area contributed by atoms with Gasteiger partial charge in [-0.3, -0.25) is 4.79 Å². The Morgan fingerprint density at radius 3 is 2.30 bits per heavy atom. The number of carbonyl (C=O) groups excluding carboxylic acids is 1. The number of carbonyl (C=O) groups is 1. The predicted octanol–water partition coefficient (Wildman–Crippen LogP) is 3.77. The van der Waals surface area contributed by atoms with E-state index in [0.717, 1.165) is 38.8 Å². The quantitative estimate of drug-likeness (QED) is 0.848. The van der Waals surface area contributed by atoms with Gasteiger partial charge in [0.05, 0.1) is 12.7 Å². The highest BCUT2D eigenvalue weighted by molar-refractivity contribution is 5.85. The highest BCUT2D eigenvalue weighted by atomic mass is 35.5. The first kappa shape index (κ1) is 20.6. The minimum atomic E-state index is 0. The van der Waals surface area contributed by atoms with E-state index in [1.54, 1.807) is 0 Å². The first-order valence-electron chi connectivity index (χ1n) is 10.4. The smallest absolute Gasteiger partial charge is 0.225 e. The van der Waals surface area contributed by atoms with Crippen LogP contribution in [0.15, 0.2) is 30.3 Å². The summed E-state index contributed by atoms with van der Waals surface area (Å²) in [6, 6.07) is 10.7. The maximum Gasteiger partial charge on any atom is 0.225 e. The summed E-state index contributed by atoms with van der Waals surface area (Å²) in [6.45, 7) is 2.36. The lowest BCUT2D eigenvalue weighted by molar-refractivity contribution is -0.141. The first-order chi connectivity index (χ1) is 12.7. The molecule has 0 radical (unpaired) electrons. The first-order valence-corrected chi connectivity index (χ1v) is 10.4. The van der Waals surface area contributed by atoms with Crippen molar-refractivity contribution in [2.24, 2.45) is 23.5 Å². The molecule has 1 amide bonds. The Balaban J connectivity index is 0.00000210. The largest absolute Gasteiger partial charge is 0.373 e. The fourth-order valence-electron chi connectivity index (χ4n) is 5.28. The molecule has 2 bridgehead atoms. The van der Waals surface area contributed by atoms with E-state index in [1.165, 1.54) is 24.8 Å². The number of halogens is 1. The third kappa shape index (κ3) is 4.85. The van der Waals surface area contributed by atoms with Gasteiger partial charge in [-0.05, 0) is 55.9 Å². The number of rotatable bonds is 4. The van der Waals surface area contributed by atoms with Gasteiger partial charge in [0, 0.05) is 25.0 Å². The van der Waals surface area contributed by atoms with Gasteiger partial charge < -0.3 is 15.4 Å². The second kappa shape index (κ2) is 9.40. The molecule has 4 nitrogen and oxygen atoms in total. The van der Waals surface area contributed by atoms with Crippen LogP contribution in [0.3, 0.4) is 0 Å². The summed E-state index contributed by atoms with van der Waals surface area (Å²) in [5.41, 5.74) is 7.60. The molecule has 150 valence electrons. The number of ether oxygens (including phenoxy) is 1. The van der Waals surface area contributed by atoms with Crippen LogP contribution in [-0.2, 0) is 16.1 Å². The molecule has 27 heavy (non-hydrogen) atoms. The fourth-order valence-corrected chi connectivity index (χ4v) is 5.28. The molecular weight excluding hydrogens is 360 g/mol. The third-order valence-electron chi connectivity index (χ3n) is 6.84. The average Bonchev–Trinajstić information content (AvgIpc) is 2.67. The Morgan fingerprint density at radius 2 is 1.67 bits per heavy atom. The summed E-state index contributed by atoms with van der Waals surface area (Å²) in [7, 11) is 0. The zero-order valence-electron chi connectivity index (χ0n) is 16.1. The summed E-state index contributed by atoms with van der Waals surface area (Å²) in [5.74, 6) is 1.74. The summed E-state index contributed by atoms with van der Waals surface area (Å²) >= 11 is 0. The molecule has 2 atom stereocenters. The molecular formula is C22H33ClN2O2. The summed E-state index contributed by atoms with van der Waals surface area (Å²) in [5, 5.41) is 0. The Hall–Kier alpha value is -1.10. The monoisotopic (exact) mass is 392 g/mol. The van der Waals surface area contributed by atoms with Gasteiger partial charge in [0.15, 0.2) is 0 Å². The number of benzene rings is 1. The highest BCUT2D eigenvalue weighted by Gasteiger charge is 2.42. The number of hydrogen-bond acceptors (Lipinski definition) is 3. The van der Waals surface area contributed by atoms with Gasteiger partial charge in [-0.25, -0.2) is 0 Å². The molecule has 1 aliphatic heterocycles. The van der Waals surface area contributed by atoms with Crippen LogP contribution < -0.4 is 5.73 Å². The molecule has 4 rings (SSSR count). The lowest BCUT2D eigenvalue weighted by atomic mass is 9.65. The van der Waals surface area contributed by atoms with Crippen molar-refractivity contribution in [1.29, 1.82) is 0 Å². The summed E-state index contributed by atoms with van der Waals surface area (Å²) in [6.07, 6.45) is 7.96. The number of nitrogens with two attached hydrogens (primary N) is 1. The number of piperidine rings is 1. The number of amides is 1. The molecule has 1 heterocycles. The van der Waals surface area contributed by atoms with Gasteiger partial charge in [-0.2, -0.15) is 0 Å². The lowest BCUT2D eigenvalue weighted by Crippen LogP contribution is -2.51. The van der Waals surface area contributed by atoms with E-state index >= 15 is 0 Å². The van der Waals surface area contributed by atoms with Crippen LogP contribution in [0.4, 0.5) is 0 Å². The van der Waals surface area contributed by atoms with Crippen LogP contribution in [0, 0.1) is 17.8 Å². The van der Waals surface area contributed by atoms with E-state index in [2.05, 4.69) is 17.0 Å². The molecule has 3 fully saturated rings. The molecule has 1 aromatic rings. The van der Waals surface area contributed by atoms with Gasteiger partial charge in [0.2, 0.25) is 5.91 Å². The fraction of sp³-hybridized carbons (Fsp3) is 0.682. The van der Waals surface area contributed by atoms with Crippen molar-refractivity contribution in [1.82, 2.24) is 4.90 Å². The van der Waals surface area contributed by atoms with E-state index in [4.69, 9.17) is 10.5 Å². The average molecular weight is 393 g/mol. The molecule has 2 unspecified atom stereocenters.